The van der Waals surface area contributed by atoms with Gasteiger partial charge in [-0.15, -0.1) is 0 Å². The number of carbonyl (C=O) groups is 4. The molecule has 0 saturated carbocycles. The molecule has 42 heavy (non-hydrogen) atoms. The lowest BCUT2D eigenvalue weighted by molar-refractivity contribution is -0.146. The molecule has 2 heterocycles. The van der Waals surface area contributed by atoms with E-state index in [1.807, 2.05) is 6.07 Å². The molecule has 0 bridgehead atoms. The second-order valence-electron chi connectivity index (χ2n) is 11.8. The third-order valence-electron chi connectivity index (χ3n) is 7.66. The van der Waals surface area contributed by atoms with Crippen LogP contribution in [0, 0.1) is 5.82 Å². The molecule has 1 N–H and O–H groups in total. The van der Waals surface area contributed by atoms with Gasteiger partial charge in [-0.25, -0.2) is 22.8 Å². The summed E-state index contributed by atoms with van der Waals surface area (Å²) in [5.41, 5.74) is -0.433. The molecule has 0 radical (unpaired) electrons. The van der Waals surface area contributed by atoms with Crippen molar-refractivity contribution in [1.82, 2.24) is 20.0 Å². The van der Waals surface area contributed by atoms with Gasteiger partial charge in [0, 0.05) is 11.0 Å². The Morgan fingerprint density at radius 3 is 2.50 bits per heavy atom. The monoisotopic (exact) mass is 650 g/mol. The first kappa shape index (κ1) is 29.9. The highest BCUT2D eigenvalue weighted by atomic mass is 79.9. The second kappa shape index (κ2) is 10.6. The number of rotatable bonds is 5. The number of ether oxygens (including phenoxy) is 1. The fourth-order valence-electron chi connectivity index (χ4n) is 5.71. The smallest absolute Gasteiger partial charge is 0.410 e. The van der Waals surface area contributed by atoms with E-state index in [0.29, 0.717) is 24.0 Å². The minimum atomic E-state index is -3.54. The Hall–Kier alpha value is -3.61. The number of benzene rings is 2. The first-order chi connectivity index (χ1) is 19.6. The molecular weight excluding hydrogens is 621 g/mol. The van der Waals surface area contributed by atoms with Crippen LogP contribution in [0.5, 0.6) is 0 Å². The third-order valence-corrected chi connectivity index (χ3v) is 8.16. The molecule has 2 aliphatic heterocycles. The number of nitrogens with one attached hydrogen (secondary N) is 1. The number of urea groups is 1. The molecule has 0 aromatic heterocycles. The second-order valence-corrected chi connectivity index (χ2v) is 12.7. The first-order valence-electron chi connectivity index (χ1n) is 13.4. The number of carbonyl (C=O) groups excluding carboxylic acids is 4. The molecule has 1 aliphatic carbocycles. The van der Waals surface area contributed by atoms with Gasteiger partial charge in [0.25, 0.3) is 11.8 Å². The average Bonchev–Trinajstić information content (AvgIpc) is 3.49. The molecule has 2 saturated heterocycles. The Balaban J connectivity index is 1.41. The van der Waals surface area contributed by atoms with Crippen molar-refractivity contribution in [3.8, 4) is 0 Å². The van der Waals surface area contributed by atoms with Crippen molar-refractivity contribution in [2.24, 2.45) is 0 Å². The van der Waals surface area contributed by atoms with Gasteiger partial charge in [-0.1, -0.05) is 34.1 Å². The van der Waals surface area contributed by atoms with Gasteiger partial charge in [0.05, 0.1) is 13.1 Å². The molecule has 2 atom stereocenters. The van der Waals surface area contributed by atoms with Crippen molar-refractivity contribution in [3.63, 3.8) is 0 Å². The van der Waals surface area contributed by atoms with Crippen molar-refractivity contribution in [2.45, 2.75) is 63.3 Å². The van der Waals surface area contributed by atoms with Crippen LogP contribution in [0.1, 0.15) is 43.9 Å². The van der Waals surface area contributed by atoms with Crippen molar-refractivity contribution >= 4 is 39.9 Å². The van der Waals surface area contributed by atoms with Crippen LogP contribution in [0.2, 0.25) is 0 Å². The van der Waals surface area contributed by atoms with Gasteiger partial charge in [-0.3, -0.25) is 19.4 Å². The van der Waals surface area contributed by atoms with Gasteiger partial charge in [0.1, 0.15) is 29.5 Å². The van der Waals surface area contributed by atoms with Gasteiger partial charge in [0.15, 0.2) is 0 Å². The molecule has 2 unspecified atom stereocenters. The molecular formula is C29H30BrF3N4O5. The van der Waals surface area contributed by atoms with E-state index >= 15 is 8.78 Å². The maximum atomic E-state index is 15.5. The molecule has 3 aliphatic rings. The minimum absolute atomic E-state index is 0.291. The third kappa shape index (κ3) is 5.58. The van der Waals surface area contributed by atoms with Crippen LogP contribution in [-0.4, -0.2) is 75.8 Å². The summed E-state index contributed by atoms with van der Waals surface area (Å²) >= 11 is 3.40. The summed E-state index contributed by atoms with van der Waals surface area (Å²) < 4.78 is 50.6. The SMILES string of the molecule is CC(C)(C)OC(=O)N1CC(N(Cc2ccc(F)cc2)C(=O)CN2C(=O)NC3(CCc4cc(Br)ccc43)C2=O)C(F)(F)C1. The Bertz CT molecular complexity index is 1450. The number of fused-ring (bicyclic) bond motifs is 2. The highest BCUT2D eigenvalue weighted by Crippen LogP contribution is 2.42. The predicted octanol–water partition coefficient (Wildman–Crippen LogP) is 4.56. The summed E-state index contributed by atoms with van der Waals surface area (Å²) in [6.07, 6.45) is -0.145. The fraction of sp³-hybridized carbons (Fsp3) is 0.448. The Morgan fingerprint density at radius 2 is 1.83 bits per heavy atom. The Kier molecular flexibility index (Phi) is 7.53. The summed E-state index contributed by atoms with van der Waals surface area (Å²) in [6, 6.07) is 7.73. The number of likely N-dealkylation sites (tertiary alicyclic amines) is 1. The van der Waals surface area contributed by atoms with Gasteiger partial charge >= 0.3 is 12.1 Å². The number of alkyl halides is 2. The average molecular weight is 651 g/mol. The summed E-state index contributed by atoms with van der Waals surface area (Å²) in [6.45, 7) is 2.12. The number of halogens is 4. The van der Waals surface area contributed by atoms with Gasteiger partial charge in [-0.05, 0) is 74.6 Å². The van der Waals surface area contributed by atoms with E-state index in [2.05, 4.69) is 21.2 Å². The van der Waals surface area contributed by atoms with E-state index in [4.69, 9.17) is 4.74 Å². The lowest BCUT2D eigenvalue weighted by Gasteiger charge is -2.33. The molecule has 2 aromatic carbocycles. The molecule has 13 heteroatoms. The molecule has 5 rings (SSSR count). The van der Waals surface area contributed by atoms with Crippen molar-refractivity contribution in [2.75, 3.05) is 19.6 Å². The largest absolute Gasteiger partial charge is 0.444 e. The predicted molar refractivity (Wildman–Crippen MR) is 148 cm³/mol. The normalized spacial score (nSPS) is 22.9. The highest BCUT2D eigenvalue weighted by Gasteiger charge is 2.57. The van der Waals surface area contributed by atoms with Gasteiger partial charge in [0.2, 0.25) is 5.91 Å². The number of nitrogens with zero attached hydrogens (tertiary/aromatic N) is 3. The lowest BCUT2D eigenvalue weighted by Crippen LogP contribution is -2.53. The van der Waals surface area contributed by atoms with E-state index in [1.54, 1.807) is 32.9 Å². The zero-order valence-electron chi connectivity index (χ0n) is 23.3. The maximum absolute atomic E-state index is 15.5. The zero-order valence-corrected chi connectivity index (χ0v) is 24.8. The maximum Gasteiger partial charge on any atom is 0.410 e. The number of imide groups is 1. The number of amides is 5. The molecule has 5 amide bonds. The van der Waals surface area contributed by atoms with E-state index in [0.717, 1.165) is 36.9 Å². The first-order valence-corrected chi connectivity index (χ1v) is 14.2. The zero-order chi connectivity index (χ0) is 30.6. The minimum Gasteiger partial charge on any atom is -0.444 e. The summed E-state index contributed by atoms with van der Waals surface area (Å²) in [5, 5.41) is 2.73. The number of hydrogen-bond acceptors (Lipinski definition) is 5. The Morgan fingerprint density at radius 1 is 1.14 bits per heavy atom. The van der Waals surface area contributed by atoms with Crippen molar-refractivity contribution in [1.29, 1.82) is 0 Å². The molecule has 1 spiro atoms. The fourth-order valence-corrected chi connectivity index (χ4v) is 6.12. The van der Waals surface area contributed by atoms with E-state index < -0.39 is 72.5 Å². The van der Waals surface area contributed by atoms with Crippen molar-refractivity contribution in [3.05, 3.63) is 69.4 Å². The summed E-state index contributed by atoms with van der Waals surface area (Å²) in [4.78, 5) is 55.5. The van der Waals surface area contributed by atoms with Gasteiger partial charge in [-0.2, -0.15) is 0 Å². The van der Waals surface area contributed by atoms with Crippen molar-refractivity contribution < 1.29 is 37.1 Å². The molecule has 2 aromatic rings. The van der Waals surface area contributed by atoms with Crippen LogP contribution >= 0.6 is 15.9 Å². The van der Waals surface area contributed by atoms with Crippen LogP contribution in [0.25, 0.3) is 0 Å². The topological polar surface area (TPSA) is 99.3 Å². The van der Waals surface area contributed by atoms with Crippen LogP contribution in [-0.2, 0) is 32.8 Å². The summed E-state index contributed by atoms with van der Waals surface area (Å²) in [7, 11) is 0. The molecule has 2 fully saturated rings. The van der Waals surface area contributed by atoms with Crippen LogP contribution < -0.4 is 5.32 Å². The summed E-state index contributed by atoms with van der Waals surface area (Å²) in [5.74, 6) is -5.66. The standard InChI is InChI=1S/C29H30BrF3N4O5/c1-27(2,3)42-26(41)35-14-22(29(32,33)16-35)36(13-17-4-7-20(31)8-5-17)23(38)15-37-24(39)28(34-25(37)40)11-10-18-12-19(30)6-9-21(18)28/h4-9,12,22H,10-11,13-16H2,1-3H3,(H,34,40). The van der Waals surface area contributed by atoms with Crippen LogP contribution in [0.3, 0.4) is 0 Å². The van der Waals surface area contributed by atoms with E-state index in [-0.39, 0.29) is 6.54 Å². The lowest BCUT2D eigenvalue weighted by atomic mass is 9.92. The quantitative estimate of drug-likeness (QED) is 0.478. The van der Waals surface area contributed by atoms with E-state index in [1.165, 1.54) is 12.1 Å². The molecule has 224 valence electrons. The van der Waals surface area contributed by atoms with E-state index in [9.17, 15) is 23.6 Å². The Labute approximate surface area is 249 Å². The van der Waals surface area contributed by atoms with Crippen LogP contribution in [0.4, 0.5) is 22.8 Å². The van der Waals surface area contributed by atoms with Gasteiger partial charge < -0.3 is 15.0 Å². The van der Waals surface area contributed by atoms with Crippen LogP contribution in [0.15, 0.2) is 46.9 Å². The highest BCUT2D eigenvalue weighted by molar-refractivity contribution is 9.10. The number of hydrogen-bond donors (Lipinski definition) is 1. The molecule has 9 nitrogen and oxygen atoms in total. The number of aryl methyl sites for hydroxylation is 1.